The van der Waals surface area contributed by atoms with E-state index < -0.39 is 11.9 Å². The van der Waals surface area contributed by atoms with E-state index in [0.717, 1.165) is 11.4 Å². The second kappa shape index (κ2) is 7.91. The van der Waals surface area contributed by atoms with Gasteiger partial charge in [0, 0.05) is 35.5 Å². The minimum Gasteiger partial charge on any atom is -0.478 e. The number of aromatic carboxylic acids is 1. The Morgan fingerprint density at radius 2 is 1.78 bits per heavy atom. The number of benzene rings is 2. The smallest absolute Gasteiger partial charge is 0.345 e. The number of carboxylic acid groups (broad SMARTS) is 1. The number of anilines is 2. The molecule has 0 fully saturated rings. The standard InChI is InChI=1S/C22H20N6O4/c1-12-9-27(11-26-12)14-3-4-18(23)16(5-14)22(31)32-19-7-15(28-10-25-8-13(28)2)6-17(20(19)24)21(29)30/h3-11H,23-24H2,1-2H3,(H,29,30). The summed E-state index contributed by atoms with van der Waals surface area (Å²) in [6.07, 6.45) is 6.55. The maximum atomic E-state index is 13.0. The molecule has 0 saturated carbocycles. The van der Waals surface area contributed by atoms with Crippen LogP contribution in [-0.4, -0.2) is 36.1 Å². The summed E-state index contributed by atoms with van der Waals surface area (Å²) in [7, 11) is 0. The molecule has 162 valence electrons. The van der Waals surface area contributed by atoms with Crippen LogP contribution in [0.5, 0.6) is 5.75 Å². The Labute approximate surface area is 182 Å². The molecular formula is C22H20N6O4. The van der Waals surface area contributed by atoms with E-state index >= 15 is 0 Å². The Hall–Kier alpha value is -4.60. The molecule has 0 aliphatic carbocycles. The van der Waals surface area contributed by atoms with E-state index in [1.165, 1.54) is 18.5 Å². The third-order valence-corrected chi connectivity index (χ3v) is 4.93. The van der Waals surface area contributed by atoms with Crippen LogP contribution in [0.2, 0.25) is 0 Å². The lowest BCUT2D eigenvalue weighted by atomic mass is 10.1. The third kappa shape index (κ3) is 3.76. The van der Waals surface area contributed by atoms with Crippen molar-refractivity contribution < 1.29 is 19.4 Å². The van der Waals surface area contributed by atoms with Crippen molar-refractivity contribution in [3.63, 3.8) is 0 Å². The molecule has 2 heterocycles. The topological polar surface area (TPSA) is 151 Å². The average Bonchev–Trinajstić information content (AvgIpc) is 3.37. The number of rotatable bonds is 5. The van der Waals surface area contributed by atoms with Crippen LogP contribution >= 0.6 is 0 Å². The van der Waals surface area contributed by atoms with Crippen LogP contribution < -0.4 is 16.2 Å². The zero-order valence-electron chi connectivity index (χ0n) is 17.3. The number of nitrogens with zero attached hydrogens (tertiary/aromatic N) is 4. The predicted octanol–water partition coefficient (Wildman–Crippen LogP) is 2.76. The Bertz CT molecular complexity index is 1350. The van der Waals surface area contributed by atoms with Crippen LogP contribution in [0.15, 0.2) is 55.4 Å². The van der Waals surface area contributed by atoms with Crippen LogP contribution in [0.3, 0.4) is 0 Å². The summed E-state index contributed by atoms with van der Waals surface area (Å²) in [5.74, 6) is -2.12. The largest absolute Gasteiger partial charge is 0.478 e. The Kier molecular flexibility index (Phi) is 5.11. The van der Waals surface area contributed by atoms with Crippen molar-refractivity contribution >= 4 is 23.3 Å². The molecule has 32 heavy (non-hydrogen) atoms. The SMILES string of the molecule is Cc1cn(-c2ccc(N)c(C(=O)Oc3cc(-n4cncc4C)cc(C(=O)O)c3N)c2)cn1. The number of aryl methyl sites for hydroxylation is 2. The van der Waals surface area contributed by atoms with Gasteiger partial charge in [-0.1, -0.05) is 0 Å². The monoisotopic (exact) mass is 432 g/mol. The summed E-state index contributed by atoms with van der Waals surface area (Å²) in [6.45, 7) is 3.65. The molecule has 0 aliphatic heterocycles. The van der Waals surface area contributed by atoms with Gasteiger partial charge in [0.1, 0.15) is 0 Å². The fourth-order valence-corrected chi connectivity index (χ4v) is 3.24. The predicted molar refractivity (Wildman–Crippen MR) is 117 cm³/mol. The van der Waals surface area contributed by atoms with E-state index in [-0.39, 0.29) is 28.3 Å². The number of esters is 1. The van der Waals surface area contributed by atoms with Gasteiger partial charge in [0.05, 0.1) is 40.9 Å². The van der Waals surface area contributed by atoms with Crippen LogP contribution in [0, 0.1) is 13.8 Å². The van der Waals surface area contributed by atoms with Crippen molar-refractivity contribution in [1.29, 1.82) is 0 Å². The average molecular weight is 432 g/mol. The van der Waals surface area contributed by atoms with E-state index in [1.54, 1.807) is 53.0 Å². The van der Waals surface area contributed by atoms with Gasteiger partial charge in [-0.3, -0.25) is 0 Å². The highest BCUT2D eigenvalue weighted by molar-refractivity contribution is 6.00. The first-order valence-electron chi connectivity index (χ1n) is 9.53. The highest BCUT2D eigenvalue weighted by Gasteiger charge is 2.21. The molecule has 0 unspecified atom stereocenters. The van der Waals surface area contributed by atoms with Gasteiger partial charge in [0.25, 0.3) is 0 Å². The quantitative estimate of drug-likeness (QED) is 0.247. The van der Waals surface area contributed by atoms with E-state index in [0.29, 0.717) is 11.4 Å². The number of aromatic nitrogens is 4. The van der Waals surface area contributed by atoms with Gasteiger partial charge in [0.2, 0.25) is 0 Å². The first kappa shape index (κ1) is 20.7. The lowest BCUT2D eigenvalue weighted by molar-refractivity contribution is 0.0689. The number of imidazole rings is 2. The van der Waals surface area contributed by atoms with Crippen molar-refractivity contribution in [2.45, 2.75) is 13.8 Å². The molecule has 0 amide bonds. The molecule has 0 atom stereocenters. The van der Waals surface area contributed by atoms with Crippen LogP contribution in [0.25, 0.3) is 11.4 Å². The molecule has 2 aromatic heterocycles. The molecule has 10 nitrogen and oxygen atoms in total. The fraction of sp³-hybridized carbons (Fsp3) is 0.0909. The normalized spacial score (nSPS) is 10.8. The van der Waals surface area contributed by atoms with Crippen LogP contribution in [0.4, 0.5) is 11.4 Å². The number of ether oxygens (including phenoxy) is 1. The molecule has 0 saturated heterocycles. The second-order valence-corrected chi connectivity index (χ2v) is 7.20. The maximum absolute atomic E-state index is 13.0. The number of nitrogens with two attached hydrogens (primary N) is 2. The third-order valence-electron chi connectivity index (χ3n) is 4.93. The number of carbonyl (C=O) groups is 2. The first-order chi connectivity index (χ1) is 15.2. The molecule has 4 rings (SSSR count). The lowest BCUT2D eigenvalue weighted by Gasteiger charge is -2.14. The van der Waals surface area contributed by atoms with Crippen LogP contribution in [0.1, 0.15) is 32.1 Å². The Morgan fingerprint density at radius 1 is 1.03 bits per heavy atom. The number of carbonyl (C=O) groups excluding carboxylic acids is 1. The van der Waals surface area contributed by atoms with Gasteiger partial charge < -0.3 is 30.4 Å². The summed E-state index contributed by atoms with van der Waals surface area (Å²) in [5.41, 5.74) is 14.6. The second-order valence-electron chi connectivity index (χ2n) is 7.20. The maximum Gasteiger partial charge on any atom is 0.345 e. The summed E-state index contributed by atoms with van der Waals surface area (Å²) in [6, 6.07) is 7.76. The number of hydrogen-bond donors (Lipinski definition) is 3. The van der Waals surface area contributed by atoms with E-state index in [2.05, 4.69) is 9.97 Å². The molecule has 2 aromatic carbocycles. The zero-order chi connectivity index (χ0) is 23.0. The number of hydrogen-bond acceptors (Lipinski definition) is 7. The number of carboxylic acids is 1. The van der Waals surface area contributed by atoms with Gasteiger partial charge in [-0.2, -0.15) is 0 Å². The summed E-state index contributed by atoms with van der Waals surface area (Å²) in [4.78, 5) is 32.9. The zero-order valence-corrected chi connectivity index (χ0v) is 17.3. The van der Waals surface area contributed by atoms with Crippen molar-refractivity contribution in [3.8, 4) is 17.1 Å². The minimum absolute atomic E-state index is 0.0960. The molecule has 4 aromatic rings. The molecule has 0 aliphatic rings. The van der Waals surface area contributed by atoms with Crippen molar-refractivity contribution in [3.05, 3.63) is 77.9 Å². The van der Waals surface area contributed by atoms with E-state index in [1.807, 2.05) is 6.92 Å². The van der Waals surface area contributed by atoms with Gasteiger partial charge in [-0.15, -0.1) is 0 Å². The molecule has 0 spiro atoms. The fourth-order valence-electron chi connectivity index (χ4n) is 3.24. The van der Waals surface area contributed by atoms with Gasteiger partial charge in [-0.25, -0.2) is 19.6 Å². The Morgan fingerprint density at radius 3 is 2.41 bits per heavy atom. The van der Waals surface area contributed by atoms with Gasteiger partial charge in [0.15, 0.2) is 5.75 Å². The minimum atomic E-state index is -1.25. The number of nitrogen functional groups attached to an aromatic ring is 2. The molecule has 0 bridgehead atoms. The molecular weight excluding hydrogens is 412 g/mol. The van der Waals surface area contributed by atoms with Crippen molar-refractivity contribution in [2.75, 3.05) is 11.5 Å². The highest BCUT2D eigenvalue weighted by atomic mass is 16.5. The van der Waals surface area contributed by atoms with Crippen molar-refractivity contribution in [1.82, 2.24) is 19.1 Å². The highest BCUT2D eigenvalue weighted by Crippen LogP contribution is 2.31. The molecule has 10 heteroatoms. The summed E-state index contributed by atoms with van der Waals surface area (Å²) >= 11 is 0. The van der Waals surface area contributed by atoms with E-state index in [9.17, 15) is 14.7 Å². The lowest BCUT2D eigenvalue weighted by Crippen LogP contribution is -2.15. The van der Waals surface area contributed by atoms with Crippen molar-refractivity contribution in [2.24, 2.45) is 0 Å². The van der Waals surface area contributed by atoms with E-state index in [4.69, 9.17) is 16.2 Å². The molecule has 0 radical (unpaired) electrons. The first-order valence-corrected chi connectivity index (χ1v) is 9.53. The Balaban J connectivity index is 1.74. The molecule has 5 N–H and O–H groups in total. The summed E-state index contributed by atoms with van der Waals surface area (Å²) < 4.78 is 8.90. The van der Waals surface area contributed by atoms with Gasteiger partial charge >= 0.3 is 11.9 Å². The van der Waals surface area contributed by atoms with Crippen LogP contribution in [-0.2, 0) is 0 Å². The van der Waals surface area contributed by atoms with Gasteiger partial charge in [-0.05, 0) is 38.1 Å². The summed E-state index contributed by atoms with van der Waals surface area (Å²) in [5, 5.41) is 9.57.